The molecule has 0 aliphatic heterocycles. The van der Waals surface area contributed by atoms with Crippen molar-refractivity contribution in [1.29, 1.82) is 0 Å². The van der Waals surface area contributed by atoms with Gasteiger partial charge >= 0.3 is 12.0 Å². The average molecular weight is 268 g/mol. The Morgan fingerprint density at radius 2 is 1.95 bits per heavy atom. The Bertz CT molecular complexity index is 489. The fraction of sp³-hybridized carbons (Fsp3) is 0.385. The van der Waals surface area contributed by atoms with Gasteiger partial charge in [0.15, 0.2) is 0 Å². The Labute approximate surface area is 110 Å². The van der Waals surface area contributed by atoms with Crippen LogP contribution >= 0.6 is 0 Å². The van der Waals surface area contributed by atoms with E-state index in [1.54, 1.807) is 26.8 Å². The monoisotopic (exact) mass is 268 g/mol. The predicted octanol–water partition coefficient (Wildman–Crippen LogP) is 2.36. The molecule has 1 atom stereocenters. The first-order valence-corrected chi connectivity index (χ1v) is 5.87. The number of halogens is 1. The second-order valence-corrected chi connectivity index (χ2v) is 4.64. The van der Waals surface area contributed by atoms with Crippen LogP contribution in [0.25, 0.3) is 0 Å². The van der Waals surface area contributed by atoms with Gasteiger partial charge in [0, 0.05) is 0 Å². The third-order valence-electron chi connectivity index (χ3n) is 2.59. The average Bonchev–Trinajstić information content (AvgIpc) is 2.30. The number of aliphatic carboxylic acids is 1. The minimum Gasteiger partial charge on any atom is -0.480 e. The third-order valence-corrected chi connectivity index (χ3v) is 2.59. The summed E-state index contributed by atoms with van der Waals surface area (Å²) in [4.78, 5) is 22.6. The van der Waals surface area contributed by atoms with Crippen molar-refractivity contribution in [3.8, 4) is 0 Å². The molecule has 0 aliphatic carbocycles. The van der Waals surface area contributed by atoms with Gasteiger partial charge in [-0.3, -0.25) is 0 Å². The molecule has 1 rings (SSSR count). The SMILES string of the molecule is Cc1ccc(F)c(NC(=O)N[C@H](C(=O)O)C(C)C)c1. The lowest BCUT2D eigenvalue weighted by Gasteiger charge is -2.18. The number of carbonyl (C=O) groups excluding carboxylic acids is 1. The second kappa shape index (κ2) is 6.17. The van der Waals surface area contributed by atoms with Crippen molar-refractivity contribution in [2.75, 3.05) is 5.32 Å². The Morgan fingerprint density at radius 3 is 2.47 bits per heavy atom. The molecule has 0 fully saturated rings. The molecule has 0 unspecified atom stereocenters. The van der Waals surface area contributed by atoms with Gasteiger partial charge < -0.3 is 15.7 Å². The highest BCUT2D eigenvalue weighted by Crippen LogP contribution is 2.15. The molecule has 2 amide bonds. The number of hydrogen-bond acceptors (Lipinski definition) is 2. The van der Waals surface area contributed by atoms with Crippen molar-refractivity contribution in [1.82, 2.24) is 5.32 Å². The second-order valence-electron chi connectivity index (χ2n) is 4.64. The number of hydrogen-bond donors (Lipinski definition) is 3. The quantitative estimate of drug-likeness (QED) is 0.784. The maximum Gasteiger partial charge on any atom is 0.326 e. The smallest absolute Gasteiger partial charge is 0.326 e. The number of amides is 2. The molecule has 0 bridgehead atoms. The lowest BCUT2D eigenvalue weighted by atomic mass is 10.1. The van der Waals surface area contributed by atoms with E-state index < -0.39 is 23.9 Å². The van der Waals surface area contributed by atoms with Crippen LogP contribution in [0.4, 0.5) is 14.9 Å². The molecule has 0 aromatic heterocycles. The molecule has 0 saturated heterocycles. The van der Waals surface area contributed by atoms with Gasteiger partial charge in [-0.05, 0) is 30.5 Å². The molecule has 5 nitrogen and oxygen atoms in total. The zero-order valence-electron chi connectivity index (χ0n) is 11.0. The number of carbonyl (C=O) groups is 2. The molecule has 6 heteroatoms. The highest BCUT2D eigenvalue weighted by Gasteiger charge is 2.23. The number of carboxylic acids is 1. The van der Waals surface area contributed by atoms with Crippen LogP contribution in [0.2, 0.25) is 0 Å². The van der Waals surface area contributed by atoms with E-state index in [4.69, 9.17) is 5.11 Å². The molecule has 0 radical (unpaired) electrons. The predicted molar refractivity (Wildman–Crippen MR) is 69.6 cm³/mol. The van der Waals surface area contributed by atoms with Crippen molar-refractivity contribution < 1.29 is 19.1 Å². The van der Waals surface area contributed by atoms with Crippen LogP contribution in [0, 0.1) is 18.7 Å². The van der Waals surface area contributed by atoms with Crippen LogP contribution in [0.1, 0.15) is 19.4 Å². The number of rotatable bonds is 4. The van der Waals surface area contributed by atoms with Crippen molar-refractivity contribution in [3.05, 3.63) is 29.6 Å². The minimum atomic E-state index is -1.13. The highest BCUT2D eigenvalue weighted by atomic mass is 19.1. The molecule has 19 heavy (non-hydrogen) atoms. The van der Waals surface area contributed by atoms with Crippen LogP contribution < -0.4 is 10.6 Å². The van der Waals surface area contributed by atoms with E-state index in [0.29, 0.717) is 0 Å². The van der Waals surface area contributed by atoms with E-state index in [9.17, 15) is 14.0 Å². The standard InChI is InChI=1S/C13H17FN2O3/c1-7(2)11(12(17)18)16-13(19)15-10-6-8(3)4-5-9(10)14/h4-7,11H,1-3H3,(H,17,18)(H2,15,16,19)/t11-/m0/s1. The van der Waals surface area contributed by atoms with Gasteiger partial charge in [-0.15, -0.1) is 0 Å². The van der Waals surface area contributed by atoms with Crippen molar-refractivity contribution in [2.24, 2.45) is 5.92 Å². The van der Waals surface area contributed by atoms with Crippen LogP contribution in [-0.2, 0) is 4.79 Å². The Morgan fingerprint density at radius 1 is 1.32 bits per heavy atom. The van der Waals surface area contributed by atoms with Crippen LogP contribution in [0.15, 0.2) is 18.2 Å². The number of carboxylic acid groups (broad SMARTS) is 1. The van der Waals surface area contributed by atoms with Gasteiger partial charge in [-0.1, -0.05) is 19.9 Å². The largest absolute Gasteiger partial charge is 0.480 e. The van der Waals surface area contributed by atoms with E-state index in [2.05, 4.69) is 10.6 Å². The van der Waals surface area contributed by atoms with E-state index in [0.717, 1.165) is 5.56 Å². The molecule has 0 saturated carbocycles. The van der Waals surface area contributed by atoms with Crippen molar-refractivity contribution in [2.45, 2.75) is 26.8 Å². The van der Waals surface area contributed by atoms with Gasteiger partial charge in [0.2, 0.25) is 0 Å². The normalized spacial score (nSPS) is 12.1. The zero-order chi connectivity index (χ0) is 14.6. The topological polar surface area (TPSA) is 78.4 Å². The summed E-state index contributed by atoms with van der Waals surface area (Å²) < 4.78 is 13.4. The highest BCUT2D eigenvalue weighted by molar-refractivity contribution is 5.92. The zero-order valence-corrected chi connectivity index (χ0v) is 11.0. The summed E-state index contributed by atoms with van der Waals surface area (Å²) in [6, 6.07) is 2.52. The number of anilines is 1. The number of nitrogens with one attached hydrogen (secondary N) is 2. The van der Waals surface area contributed by atoms with Crippen LogP contribution in [0.3, 0.4) is 0 Å². The minimum absolute atomic E-state index is 0.0189. The molecule has 1 aromatic rings. The maximum atomic E-state index is 13.4. The summed E-state index contributed by atoms with van der Waals surface area (Å²) in [6.45, 7) is 5.11. The summed E-state index contributed by atoms with van der Waals surface area (Å²) in [7, 11) is 0. The Balaban J connectivity index is 2.74. The van der Waals surface area contributed by atoms with Gasteiger partial charge in [0.1, 0.15) is 11.9 Å². The molecular weight excluding hydrogens is 251 g/mol. The molecule has 0 heterocycles. The molecule has 104 valence electrons. The van der Waals surface area contributed by atoms with E-state index >= 15 is 0 Å². The fourth-order valence-corrected chi connectivity index (χ4v) is 1.55. The fourth-order valence-electron chi connectivity index (χ4n) is 1.55. The Hall–Kier alpha value is -2.11. The van der Waals surface area contributed by atoms with Crippen molar-refractivity contribution in [3.63, 3.8) is 0 Å². The van der Waals surface area contributed by atoms with E-state index in [-0.39, 0.29) is 11.6 Å². The van der Waals surface area contributed by atoms with Crippen molar-refractivity contribution >= 4 is 17.7 Å². The van der Waals surface area contributed by atoms with Gasteiger partial charge in [0.25, 0.3) is 0 Å². The van der Waals surface area contributed by atoms with Crippen LogP contribution in [0.5, 0.6) is 0 Å². The molecule has 1 aromatic carbocycles. The molecular formula is C13H17FN2O3. The summed E-state index contributed by atoms with van der Waals surface area (Å²) in [5, 5.41) is 13.5. The molecule has 3 N–H and O–H groups in total. The molecule has 0 spiro atoms. The van der Waals surface area contributed by atoms with E-state index in [1.165, 1.54) is 12.1 Å². The third kappa shape index (κ3) is 4.24. The summed E-state index contributed by atoms with van der Waals surface area (Å²) >= 11 is 0. The lowest BCUT2D eigenvalue weighted by Crippen LogP contribution is -2.46. The summed E-state index contributed by atoms with van der Waals surface area (Å²) in [5.41, 5.74) is 0.806. The van der Waals surface area contributed by atoms with Crippen LogP contribution in [-0.4, -0.2) is 23.1 Å². The first-order chi connectivity index (χ1) is 8.81. The summed E-state index contributed by atoms with van der Waals surface area (Å²) in [6.07, 6.45) is 0. The van der Waals surface area contributed by atoms with Gasteiger partial charge in [0.05, 0.1) is 5.69 Å². The number of aryl methyl sites for hydroxylation is 1. The van der Waals surface area contributed by atoms with E-state index in [1.807, 2.05) is 0 Å². The Kier molecular flexibility index (Phi) is 4.86. The summed E-state index contributed by atoms with van der Waals surface area (Å²) in [5.74, 6) is -1.97. The van der Waals surface area contributed by atoms with Gasteiger partial charge in [-0.2, -0.15) is 0 Å². The first-order valence-electron chi connectivity index (χ1n) is 5.87. The molecule has 0 aliphatic rings. The number of benzene rings is 1. The maximum absolute atomic E-state index is 13.4. The first kappa shape index (κ1) is 14.9. The lowest BCUT2D eigenvalue weighted by molar-refractivity contribution is -0.140. The number of urea groups is 1. The van der Waals surface area contributed by atoms with Gasteiger partial charge in [-0.25, -0.2) is 14.0 Å².